The van der Waals surface area contributed by atoms with Gasteiger partial charge in [0.2, 0.25) is 5.91 Å². The van der Waals surface area contributed by atoms with Gasteiger partial charge in [-0.3, -0.25) is 4.79 Å². The number of alkyl halides is 1. The standard InChI is InChI=1S/C15H14BrNO2/c1-17-13-4-2-11(8-10(13)3-5-14(17)18)15(16)12-6-7-19-9-12/h2,4,6-9,15H,3,5H2,1H3. The summed E-state index contributed by atoms with van der Waals surface area (Å²) in [5, 5.41) is 0. The monoisotopic (exact) mass is 319 g/mol. The first kappa shape index (κ1) is 12.5. The highest BCUT2D eigenvalue weighted by Crippen LogP contribution is 2.35. The van der Waals surface area contributed by atoms with Gasteiger partial charge in [-0.15, -0.1) is 0 Å². The van der Waals surface area contributed by atoms with Crippen molar-refractivity contribution in [1.82, 2.24) is 0 Å². The van der Waals surface area contributed by atoms with Gasteiger partial charge < -0.3 is 9.32 Å². The predicted molar refractivity (Wildman–Crippen MR) is 77.7 cm³/mol. The van der Waals surface area contributed by atoms with Gasteiger partial charge >= 0.3 is 0 Å². The van der Waals surface area contributed by atoms with Crippen LogP contribution >= 0.6 is 15.9 Å². The van der Waals surface area contributed by atoms with Gasteiger partial charge in [0.05, 0.1) is 17.4 Å². The fourth-order valence-corrected chi connectivity index (χ4v) is 2.99. The normalized spacial score (nSPS) is 16.3. The fourth-order valence-electron chi connectivity index (χ4n) is 2.45. The molecule has 0 radical (unpaired) electrons. The number of anilines is 1. The van der Waals surface area contributed by atoms with Crippen LogP contribution in [0.5, 0.6) is 0 Å². The van der Waals surface area contributed by atoms with E-state index in [2.05, 4.69) is 28.1 Å². The smallest absolute Gasteiger partial charge is 0.227 e. The maximum Gasteiger partial charge on any atom is 0.227 e. The van der Waals surface area contributed by atoms with Crippen LogP contribution in [0.25, 0.3) is 0 Å². The van der Waals surface area contributed by atoms with Gasteiger partial charge in [0.15, 0.2) is 0 Å². The molecule has 1 aliphatic rings. The second kappa shape index (κ2) is 4.85. The van der Waals surface area contributed by atoms with Gasteiger partial charge in [-0.25, -0.2) is 0 Å². The number of hydrogen-bond acceptors (Lipinski definition) is 2. The van der Waals surface area contributed by atoms with Crippen molar-refractivity contribution in [2.24, 2.45) is 0 Å². The van der Waals surface area contributed by atoms with Crippen molar-refractivity contribution in [3.63, 3.8) is 0 Å². The van der Waals surface area contributed by atoms with Gasteiger partial charge in [-0.2, -0.15) is 0 Å². The molecule has 0 fully saturated rings. The summed E-state index contributed by atoms with van der Waals surface area (Å²) in [6, 6.07) is 8.20. The summed E-state index contributed by atoms with van der Waals surface area (Å²) >= 11 is 3.69. The highest BCUT2D eigenvalue weighted by atomic mass is 79.9. The number of benzene rings is 1. The molecule has 19 heavy (non-hydrogen) atoms. The Morgan fingerprint density at radius 2 is 2.11 bits per heavy atom. The second-order valence-electron chi connectivity index (χ2n) is 4.76. The van der Waals surface area contributed by atoms with E-state index in [1.54, 1.807) is 17.4 Å². The van der Waals surface area contributed by atoms with Crippen LogP contribution in [0.15, 0.2) is 41.2 Å². The topological polar surface area (TPSA) is 33.5 Å². The Morgan fingerprint density at radius 1 is 1.26 bits per heavy atom. The van der Waals surface area contributed by atoms with Crippen molar-refractivity contribution in [3.8, 4) is 0 Å². The highest BCUT2D eigenvalue weighted by molar-refractivity contribution is 9.09. The Morgan fingerprint density at radius 3 is 2.84 bits per heavy atom. The number of amides is 1. The van der Waals surface area contributed by atoms with E-state index < -0.39 is 0 Å². The van der Waals surface area contributed by atoms with Gasteiger partial charge in [-0.1, -0.05) is 28.1 Å². The Kier molecular flexibility index (Phi) is 3.19. The van der Waals surface area contributed by atoms with E-state index in [1.807, 2.05) is 19.2 Å². The van der Waals surface area contributed by atoms with E-state index in [4.69, 9.17) is 4.42 Å². The van der Waals surface area contributed by atoms with E-state index in [9.17, 15) is 4.79 Å². The zero-order valence-corrected chi connectivity index (χ0v) is 12.2. The average Bonchev–Trinajstić information content (AvgIpc) is 2.96. The molecule has 0 saturated heterocycles. The lowest BCUT2D eigenvalue weighted by atomic mass is 9.97. The fraction of sp³-hybridized carbons (Fsp3) is 0.267. The van der Waals surface area contributed by atoms with Crippen molar-refractivity contribution >= 4 is 27.5 Å². The molecule has 1 aromatic carbocycles. The zero-order valence-electron chi connectivity index (χ0n) is 10.6. The number of hydrogen-bond donors (Lipinski definition) is 0. The number of fused-ring (bicyclic) bond motifs is 1. The lowest BCUT2D eigenvalue weighted by Gasteiger charge is -2.26. The van der Waals surface area contributed by atoms with Gasteiger partial charge in [0, 0.05) is 24.7 Å². The van der Waals surface area contributed by atoms with Crippen molar-refractivity contribution in [1.29, 1.82) is 0 Å². The van der Waals surface area contributed by atoms with Crippen LogP contribution in [0, 0.1) is 0 Å². The lowest BCUT2D eigenvalue weighted by molar-refractivity contribution is -0.118. The number of carbonyl (C=O) groups excluding carboxylic acids is 1. The molecule has 0 bridgehead atoms. The SMILES string of the molecule is CN1C(=O)CCc2cc(C(Br)c3ccoc3)ccc21. The first-order valence-electron chi connectivity index (χ1n) is 6.22. The second-order valence-corrected chi connectivity index (χ2v) is 5.68. The summed E-state index contributed by atoms with van der Waals surface area (Å²) in [7, 11) is 1.84. The van der Waals surface area contributed by atoms with Crippen molar-refractivity contribution in [2.75, 3.05) is 11.9 Å². The molecular weight excluding hydrogens is 306 g/mol. The summed E-state index contributed by atoms with van der Waals surface area (Å²) in [6.07, 6.45) is 4.83. The molecule has 3 nitrogen and oxygen atoms in total. The van der Waals surface area contributed by atoms with Gasteiger partial charge in [0.1, 0.15) is 0 Å². The molecule has 3 rings (SSSR count). The highest BCUT2D eigenvalue weighted by Gasteiger charge is 2.22. The number of furan rings is 1. The summed E-state index contributed by atoms with van der Waals surface area (Å²) in [5.74, 6) is 0.186. The van der Waals surface area contributed by atoms with Crippen molar-refractivity contribution in [3.05, 3.63) is 53.5 Å². The number of halogens is 1. The molecule has 1 amide bonds. The first-order valence-corrected chi connectivity index (χ1v) is 7.14. The summed E-state index contributed by atoms with van der Waals surface area (Å²) in [5.41, 5.74) is 4.53. The maximum atomic E-state index is 11.7. The van der Waals surface area contributed by atoms with Crippen LogP contribution in [-0.2, 0) is 11.2 Å². The molecular formula is C15H14BrNO2. The third-order valence-corrected chi connectivity index (χ3v) is 4.63. The molecule has 0 saturated carbocycles. The minimum Gasteiger partial charge on any atom is -0.472 e. The molecule has 0 N–H and O–H groups in total. The molecule has 0 spiro atoms. The maximum absolute atomic E-state index is 11.7. The molecule has 2 aromatic rings. The van der Waals surface area contributed by atoms with Crippen LogP contribution in [0.4, 0.5) is 5.69 Å². The summed E-state index contributed by atoms with van der Waals surface area (Å²) in [6.45, 7) is 0. The Labute approximate surface area is 120 Å². The Balaban J connectivity index is 1.96. The quantitative estimate of drug-likeness (QED) is 0.791. The molecule has 1 atom stereocenters. The number of nitrogens with zero attached hydrogens (tertiary/aromatic N) is 1. The molecule has 0 aliphatic carbocycles. The minimum absolute atomic E-state index is 0.125. The molecule has 1 unspecified atom stereocenters. The van der Waals surface area contributed by atoms with E-state index in [0.717, 1.165) is 17.7 Å². The van der Waals surface area contributed by atoms with Crippen molar-refractivity contribution < 1.29 is 9.21 Å². The van der Waals surface area contributed by atoms with Crippen LogP contribution in [0.1, 0.15) is 27.9 Å². The first-order chi connectivity index (χ1) is 9.16. The zero-order chi connectivity index (χ0) is 13.4. The van der Waals surface area contributed by atoms with E-state index in [-0.39, 0.29) is 10.7 Å². The molecule has 2 heterocycles. The number of carbonyl (C=O) groups is 1. The van der Waals surface area contributed by atoms with Crippen LogP contribution in [0.2, 0.25) is 0 Å². The lowest BCUT2D eigenvalue weighted by Crippen LogP contribution is -2.31. The number of rotatable bonds is 2. The Bertz CT molecular complexity index is 607. The largest absolute Gasteiger partial charge is 0.472 e. The van der Waals surface area contributed by atoms with Gasteiger partial charge in [-0.05, 0) is 29.7 Å². The van der Waals surface area contributed by atoms with E-state index in [0.29, 0.717) is 6.42 Å². The molecule has 1 aromatic heterocycles. The average molecular weight is 320 g/mol. The molecule has 98 valence electrons. The van der Waals surface area contributed by atoms with E-state index in [1.165, 1.54) is 11.1 Å². The number of aryl methyl sites for hydroxylation is 1. The Hall–Kier alpha value is -1.55. The van der Waals surface area contributed by atoms with E-state index >= 15 is 0 Å². The van der Waals surface area contributed by atoms with Crippen molar-refractivity contribution in [2.45, 2.75) is 17.7 Å². The minimum atomic E-state index is 0.125. The third-order valence-electron chi connectivity index (χ3n) is 3.58. The van der Waals surface area contributed by atoms with Crippen LogP contribution in [0.3, 0.4) is 0 Å². The van der Waals surface area contributed by atoms with Crippen LogP contribution in [-0.4, -0.2) is 13.0 Å². The predicted octanol–water partition coefficient (Wildman–Crippen LogP) is 3.67. The molecule has 4 heteroatoms. The molecule has 1 aliphatic heterocycles. The van der Waals surface area contributed by atoms with Crippen LogP contribution < -0.4 is 4.90 Å². The summed E-state index contributed by atoms with van der Waals surface area (Å²) in [4.78, 5) is 13.5. The third kappa shape index (κ3) is 2.21. The van der Waals surface area contributed by atoms with Gasteiger partial charge in [0.25, 0.3) is 0 Å². The summed E-state index contributed by atoms with van der Waals surface area (Å²) < 4.78 is 5.12.